The lowest BCUT2D eigenvalue weighted by molar-refractivity contribution is 0.174. The van der Waals surface area contributed by atoms with Crippen LogP contribution in [0.1, 0.15) is 16.7 Å². The number of hydrogen-bond donors (Lipinski definition) is 1. The molecule has 1 aromatic heterocycles. The molecule has 5 nitrogen and oxygen atoms in total. The first kappa shape index (κ1) is 14.8. The van der Waals surface area contributed by atoms with Crippen molar-refractivity contribution in [1.82, 2.24) is 4.98 Å². The molecule has 26 heavy (non-hydrogen) atoms. The van der Waals surface area contributed by atoms with Gasteiger partial charge in [-0.05, 0) is 41.7 Å². The summed E-state index contributed by atoms with van der Waals surface area (Å²) >= 11 is 0. The van der Waals surface area contributed by atoms with Gasteiger partial charge in [0.05, 0.1) is 5.69 Å². The van der Waals surface area contributed by atoms with Crippen LogP contribution in [-0.4, -0.2) is 11.8 Å². The summed E-state index contributed by atoms with van der Waals surface area (Å²) in [5.41, 5.74) is 5.31. The molecule has 5 rings (SSSR count). The number of H-pyrrole nitrogens is 1. The summed E-state index contributed by atoms with van der Waals surface area (Å²) in [7, 11) is 0. The Balaban J connectivity index is 1.82. The second kappa shape index (κ2) is 5.50. The number of hydrogen-bond acceptors (Lipinski definition) is 4. The Morgan fingerprint density at radius 3 is 2.77 bits per heavy atom. The van der Waals surface area contributed by atoms with E-state index in [1.54, 1.807) is 0 Å². The molecular formula is C21H14N2O3. The van der Waals surface area contributed by atoms with Gasteiger partial charge in [-0.2, -0.15) is 5.26 Å². The third-order valence-corrected chi connectivity index (χ3v) is 5.02. The topological polar surface area (TPSA) is 75.1 Å². The van der Waals surface area contributed by atoms with E-state index >= 15 is 0 Å². The van der Waals surface area contributed by atoms with Gasteiger partial charge in [0, 0.05) is 11.1 Å². The van der Waals surface area contributed by atoms with Crippen LogP contribution in [0, 0.1) is 11.3 Å². The van der Waals surface area contributed by atoms with E-state index in [4.69, 9.17) is 9.47 Å². The van der Waals surface area contributed by atoms with Gasteiger partial charge in [-0.25, -0.2) is 0 Å². The van der Waals surface area contributed by atoms with Crippen LogP contribution in [0.3, 0.4) is 0 Å². The van der Waals surface area contributed by atoms with Crippen LogP contribution in [0.15, 0.2) is 47.3 Å². The highest BCUT2D eigenvalue weighted by Gasteiger charge is 2.25. The van der Waals surface area contributed by atoms with Gasteiger partial charge in [-0.1, -0.05) is 30.3 Å². The zero-order valence-corrected chi connectivity index (χ0v) is 13.8. The van der Waals surface area contributed by atoms with E-state index in [1.807, 2.05) is 36.4 Å². The normalized spacial score (nSPS) is 13.7. The summed E-state index contributed by atoms with van der Waals surface area (Å²) in [5.74, 6) is 1.31. The Bertz CT molecular complexity index is 1150. The smallest absolute Gasteiger partial charge is 0.266 e. The molecule has 0 saturated carbocycles. The SMILES string of the molecule is N#Cc1c(-c2ccc3c(c2)OCO3)c2c([nH]c1=O)-c1ccccc1CC2. The highest BCUT2D eigenvalue weighted by atomic mass is 16.7. The fraction of sp³-hybridized carbons (Fsp3) is 0.143. The van der Waals surface area contributed by atoms with E-state index in [0.29, 0.717) is 17.1 Å². The van der Waals surface area contributed by atoms with Crippen LogP contribution in [0.2, 0.25) is 0 Å². The molecule has 0 spiro atoms. The van der Waals surface area contributed by atoms with E-state index in [1.165, 1.54) is 5.56 Å². The van der Waals surface area contributed by atoms with Crippen molar-refractivity contribution in [2.24, 2.45) is 0 Å². The maximum absolute atomic E-state index is 12.6. The standard InChI is InChI=1S/C21H14N2O3/c22-10-16-19(13-6-8-17-18(9-13)26-11-25-17)15-7-5-12-3-1-2-4-14(12)20(15)23-21(16)24/h1-4,6,8-9H,5,7,11H2,(H,23,24). The molecule has 1 N–H and O–H groups in total. The summed E-state index contributed by atoms with van der Waals surface area (Å²) < 4.78 is 10.8. The molecule has 126 valence electrons. The maximum atomic E-state index is 12.6. The second-order valence-corrected chi connectivity index (χ2v) is 6.39. The van der Waals surface area contributed by atoms with Crippen LogP contribution in [0.4, 0.5) is 0 Å². The maximum Gasteiger partial charge on any atom is 0.266 e. The lowest BCUT2D eigenvalue weighted by atomic mass is 9.83. The number of nitrogens with zero attached hydrogens (tertiary/aromatic N) is 1. The third kappa shape index (κ3) is 2.06. The van der Waals surface area contributed by atoms with Gasteiger partial charge in [-0.3, -0.25) is 4.79 Å². The summed E-state index contributed by atoms with van der Waals surface area (Å²) in [5, 5.41) is 9.62. The predicted molar refractivity (Wildman–Crippen MR) is 96.2 cm³/mol. The molecule has 5 heteroatoms. The van der Waals surface area contributed by atoms with Gasteiger partial charge < -0.3 is 14.5 Å². The molecule has 2 aromatic carbocycles. The van der Waals surface area contributed by atoms with Crippen molar-refractivity contribution in [3.63, 3.8) is 0 Å². The summed E-state index contributed by atoms with van der Waals surface area (Å²) in [6.45, 7) is 0.185. The first-order chi connectivity index (χ1) is 12.8. The van der Waals surface area contributed by atoms with Crippen molar-refractivity contribution in [1.29, 1.82) is 5.26 Å². The Morgan fingerprint density at radius 2 is 1.88 bits per heavy atom. The number of pyridine rings is 1. The molecule has 1 aliphatic heterocycles. The largest absolute Gasteiger partial charge is 0.454 e. The van der Waals surface area contributed by atoms with Gasteiger partial charge in [0.2, 0.25) is 6.79 Å². The van der Waals surface area contributed by atoms with Crippen molar-refractivity contribution in [2.45, 2.75) is 12.8 Å². The Kier molecular flexibility index (Phi) is 3.13. The van der Waals surface area contributed by atoms with Crippen LogP contribution in [-0.2, 0) is 12.8 Å². The lowest BCUT2D eigenvalue weighted by Gasteiger charge is -2.23. The minimum atomic E-state index is -0.365. The summed E-state index contributed by atoms with van der Waals surface area (Å²) in [6, 6.07) is 15.7. The van der Waals surface area contributed by atoms with E-state index in [2.05, 4.69) is 17.1 Å². The van der Waals surface area contributed by atoms with E-state index in [-0.39, 0.29) is 17.9 Å². The minimum Gasteiger partial charge on any atom is -0.454 e. The third-order valence-electron chi connectivity index (χ3n) is 5.02. The van der Waals surface area contributed by atoms with Gasteiger partial charge in [-0.15, -0.1) is 0 Å². The molecule has 0 saturated heterocycles. The zero-order valence-electron chi connectivity index (χ0n) is 13.8. The fourth-order valence-electron chi connectivity index (χ4n) is 3.84. The van der Waals surface area contributed by atoms with Crippen molar-refractivity contribution in [2.75, 3.05) is 6.79 Å². The molecule has 2 aliphatic rings. The minimum absolute atomic E-state index is 0.141. The van der Waals surface area contributed by atoms with Crippen molar-refractivity contribution in [3.05, 3.63) is 69.5 Å². The molecule has 0 unspecified atom stereocenters. The van der Waals surface area contributed by atoms with Crippen molar-refractivity contribution < 1.29 is 9.47 Å². The van der Waals surface area contributed by atoms with Crippen LogP contribution < -0.4 is 15.0 Å². The van der Waals surface area contributed by atoms with Gasteiger partial charge >= 0.3 is 0 Å². The summed E-state index contributed by atoms with van der Waals surface area (Å²) in [4.78, 5) is 15.6. The highest BCUT2D eigenvalue weighted by molar-refractivity contribution is 5.83. The average molecular weight is 342 g/mol. The molecule has 0 bridgehead atoms. The van der Waals surface area contributed by atoms with Gasteiger partial charge in [0.15, 0.2) is 11.5 Å². The molecular weight excluding hydrogens is 328 g/mol. The number of nitrogens with one attached hydrogen (secondary N) is 1. The Hall–Kier alpha value is -3.52. The van der Waals surface area contributed by atoms with Gasteiger partial charge in [0.25, 0.3) is 5.56 Å². The van der Waals surface area contributed by atoms with Crippen LogP contribution in [0.25, 0.3) is 22.4 Å². The zero-order chi connectivity index (χ0) is 17.7. The van der Waals surface area contributed by atoms with E-state index in [9.17, 15) is 10.1 Å². The molecule has 3 aromatic rings. The van der Waals surface area contributed by atoms with Crippen LogP contribution >= 0.6 is 0 Å². The van der Waals surface area contributed by atoms with E-state index in [0.717, 1.165) is 35.2 Å². The molecule has 0 atom stereocenters. The van der Waals surface area contributed by atoms with Crippen molar-refractivity contribution in [3.8, 4) is 40.0 Å². The number of fused-ring (bicyclic) bond motifs is 4. The van der Waals surface area contributed by atoms with E-state index < -0.39 is 0 Å². The molecule has 1 aliphatic carbocycles. The number of aromatic nitrogens is 1. The number of aromatic amines is 1. The fourth-order valence-corrected chi connectivity index (χ4v) is 3.84. The van der Waals surface area contributed by atoms with Crippen molar-refractivity contribution >= 4 is 0 Å². The molecule has 2 heterocycles. The number of aryl methyl sites for hydroxylation is 1. The average Bonchev–Trinajstić information content (AvgIpc) is 3.14. The lowest BCUT2D eigenvalue weighted by Crippen LogP contribution is -2.19. The monoisotopic (exact) mass is 342 g/mol. The number of ether oxygens (including phenoxy) is 2. The Labute approximate surface area is 149 Å². The Morgan fingerprint density at radius 1 is 1.04 bits per heavy atom. The molecule has 0 amide bonds. The first-order valence-corrected chi connectivity index (χ1v) is 8.44. The van der Waals surface area contributed by atoms with Crippen LogP contribution in [0.5, 0.6) is 11.5 Å². The second-order valence-electron chi connectivity index (χ2n) is 6.39. The molecule has 0 radical (unpaired) electrons. The highest BCUT2D eigenvalue weighted by Crippen LogP contribution is 2.41. The first-order valence-electron chi connectivity index (χ1n) is 8.44. The number of benzene rings is 2. The molecule has 0 fully saturated rings. The quantitative estimate of drug-likeness (QED) is 0.735. The summed E-state index contributed by atoms with van der Waals surface area (Å²) in [6.07, 6.45) is 1.64. The van der Waals surface area contributed by atoms with Gasteiger partial charge in [0.1, 0.15) is 11.6 Å². The number of nitriles is 1. The number of rotatable bonds is 1. The predicted octanol–water partition coefficient (Wildman–Crippen LogP) is 3.41.